The molecule has 1 atom stereocenters. The maximum Gasteiger partial charge on any atom is 0.163 e. The summed E-state index contributed by atoms with van der Waals surface area (Å²) < 4.78 is 28.3. The zero-order valence-corrected chi connectivity index (χ0v) is 12.0. The normalized spacial score (nSPS) is 12.5. The maximum absolute atomic E-state index is 13.8. The molecule has 0 amide bonds. The Balaban J connectivity index is 2.25. The molecule has 100 valence electrons. The van der Waals surface area contributed by atoms with Gasteiger partial charge in [0, 0.05) is 16.1 Å². The molecule has 1 unspecified atom stereocenters. The van der Waals surface area contributed by atoms with Crippen molar-refractivity contribution >= 4 is 15.9 Å². The molecule has 0 aliphatic rings. The molecule has 1 nitrogen and oxygen atoms in total. The Kier molecular flexibility index (Phi) is 4.32. The minimum atomic E-state index is -0.845. The lowest BCUT2D eigenvalue weighted by Gasteiger charge is -2.14. The number of aryl methyl sites for hydroxylation is 1. The van der Waals surface area contributed by atoms with Gasteiger partial charge in [0.05, 0.1) is 0 Å². The fraction of sp³-hybridized carbons (Fsp3) is 0.200. The van der Waals surface area contributed by atoms with E-state index in [-0.39, 0.29) is 11.1 Å². The standard InChI is InChI=1S/C15H14BrF2N/c1-9-5-6-12(15(18)14(9)17)13(19)8-10-3-2-4-11(16)7-10/h2-7,13H,8,19H2,1H3. The Hall–Kier alpha value is -1.26. The van der Waals surface area contributed by atoms with Crippen LogP contribution in [0.1, 0.15) is 22.7 Å². The molecule has 0 aliphatic heterocycles. The Labute approximate surface area is 119 Å². The van der Waals surface area contributed by atoms with Crippen LogP contribution < -0.4 is 5.73 Å². The molecule has 19 heavy (non-hydrogen) atoms. The molecular formula is C15H14BrF2N. The summed E-state index contributed by atoms with van der Waals surface area (Å²) in [5.74, 6) is -1.66. The van der Waals surface area contributed by atoms with Gasteiger partial charge in [-0.2, -0.15) is 0 Å². The van der Waals surface area contributed by atoms with Gasteiger partial charge in [-0.05, 0) is 36.6 Å². The zero-order chi connectivity index (χ0) is 14.0. The molecule has 2 aromatic carbocycles. The van der Waals surface area contributed by atoms with Gasteiger partial charge in [0.1, 0.15) is 0 Å². The number of benzene rings is 2. The predicted molar refractivity (Wildman–Crippen MR) is 75.9 cm³/mol. The minimum absolute atomic E-state index is 0.211. The smallest absolute Gasteiger partial charge is 0.163 e. The summed E-state index contributed by atoms with van der Waals surface area (Å²) in [5, 5.41) is 0. The third kappa shape index (κ3) is 3.19. The van der Waals surface area contributed by atoms with Crippen molar-refractivity contribution in [2.24, 2.45) is 5.73 Å². The van der Waals surface area contributed by atoms with E-state index in [0.717, 1.165) is 10.0 Å². The lowest BCUT2D eigenvalue weighted by atomic mass is 9.98. The van der Waals surface area contributed by atoms with Crippen molar-refractivity contribution in [1.82, 2.24) is 0 Å². The van der Waals surface area contributed by atoms with Gasteiger partial charge >= 0.3 is 0 Å². The largest absolute Gasteiger partial charge is 0.324 e. The molecule has 0 spiro atoms. The summed E-state index contributed by atoms with van der Waals surface area (Å²) in [4.78, 5) is 0. The van der Waals surface area contributed by atoms with Crippen LogP contribution in [0.5, 0.6) is 0 Å². The van der Waals surface area contributed by atoms with E-state index >= 15 is 0 Å². The van der Waals surface area contributed by atoms with E-state index in [1.807, 2.05) is 24.3 Å². The van der Waals surface area contributed by atoms with Gasteiger partial charge in [-0.25, -0.2) is 8.78 Å². The summed E-state index contributed by atoms with van der Waals surface area (Å²) in [5.41, 5.74) is 7.45. The SMILES string of the molecule is Cc1ccc(C(N)Cc2cccc(Br)c2)c(F)c1F. The highest BCUT2D eigenvalue weighted by Gasteiger charge is 2.17. The quantitative estimate of drug-likeness (QED) is 0.895. The van der Waals surface area contributed by atoms with Gasteiger partial charge in [-0.1, -0.05) is 40.2 Å². The van der Waals surface area contributed by atoms with Crippen LogP contribution in [0.3, 0.4) is 0 Å². The third-order valence-electron chi connectivity index (χ3n) is 3.05. The van der Waals surface area contributed by atoms with E-state index in [4.69, 9.17) is 5.73 Å². The van der Waals surface area contributed by atoms with Crippen LogP contribution in [0.15, 0.2) is 40.9 Å². The Bertz CT molecular complexity index is 599. The number of nitrogens with two attached hydrogens (primary N) is 1. The molecule has 0 fully saturated rings. The van der Waals surface area contributed by atoms with Crippen LogP contribution >= 0.6 is 15.9 Å². The van der Waals surface area contributed by atoms with Crippen LogP contribution in [0.2, 0.25) is 0 Å². The van der Waals surface area contributed by atoms with Gasteiger partial charge in [0.25, 0.3) is 0 Å². The van der Waals surface area contributed by atoms with Crippen molar-refractivity contribution in [1.29, 1.82) is 0 Å². The van der Waals surface area contributed by atoms with Crippen molar-refractivity contribution < 1.29 is 8.78 Å². The first-order valence-electron chi connectivity index (χ1n) is 5.93. The first-order chi connectivity index (χ1) is 8.99. The van der Waals surface area contributed by atoms with Gasteiger partial charge in [0.2, 0.25) is 0 Å². The average Bonchev–Trinajstić information content (AvgIpc) is 2.36. The molecule has 2 rings (SSSR count). The molecule has 2 N–H and O–H groups in total. The topological polar surface area (TPSA) is 26.0 Å². The van der Waals surface area contributed by atoms with Crippen LogP contribution in [0.25, 0.3) is 0 Å². The molecule has 0 aromatic heterocycles. The van der Waals surface area contributed by atoms with Crippen molar-refractivity contribution in [2.45, 2.75) is 19.4 Å². The first kappa shape index (κ1) is 14.2. The molecule has 0 saturated carbocycles. The Morgan fingerprint density at radius 1 is 1.16 bits per heavy atom. The summed E-state index contributed by atoms with van der Waals surface area (Å²) in [6.45, 7) is 1.53. The van der Waals surface area contributed by atoms with Crippen molar-refractivity contribution in [3.8, 4) is 0 Å². The fourth-order valence-corrected chi connectivity index (χ4v) is 2.42. The zero-order valence-electron chi connectivity index (χ0n) is 10.5. The van der Waals surface area contributed by atoms with E-state index in [9.17, 15) is 8.78 Å². The predicted octanol–water partition coefficient (Wildman–Crippen LogP) is 4.28. The van der Waals surface area contributed by atoms with Crippen molar-refractivity contribution in [3.63, 3.8) is 0 Å². The van der Waals surface area contributed by atoms with Gasteiger partial charge in [0.15, 0.2) is 11.6 Å². The lowest BCUT2D eigenvalue weighted by Crippen LogP contribution is -2.16. The second kappa shape index (κ2) is 5.80. The maximum atomic E-state index is 13.8. The highest BCUT2D eigenvalue weighted by Crippen LogP contribution is 2.24. The average molecular weight is 326 g/mol. The summed E-state index contributed by atoms with van der Waals surface area (Å²) in [7, 11) is 0. The molecular weight excluding hydrogens is 312 g/mol. The van der Waals surface area contributed by atoms with Crippen LogP contribution in [-0.2, 0) is 6.42 Å². The fourth-order valence-electron chi connectivity index (χ4n) is 1.98. The van der Waals surface area contributed by atoms with Gasteiger partial charge in [-0.3, -0.25) is 0 Å². The number of rotatable bonds is 3. The number of hydrogen-bond donors (Lipinski definition) is 1. The van der Waals surface area contributed by atoms with Gasteiger partial charge < -0.3 is 5.73 Å². The molecule has 4 heteroatoms. The summed E-state index contributed by atoms with van der Waals surface area (Å²) in [6, 6.07) is 10.2. The lowest BCUT2D eigenvalue weighted by molar-refractivity contribution is 0.483. The second-order valence-corrected chi connectivity index (χ2v) is 5.46. The Morgan fingerprint density at radius 2 is 1.89 bits per heavy atom. The van der Waals surface area contributed by atoms with Crippen molar-refractivity contribution in [3.05, 3.63) is 69.2 Å². The number of hydrogen-bond acceptors (Lipinski definition) is 1. The van der Waals surface area contributed by atoms with E-state index in [0.29, 0.717) is 6.42 Å². The summed E-state index contributed by atoms with van der Waals surface area (Å²) >= 11 is 3.37. The Morgan fingerprint density at radius 3 is 2.58 bits per heavy atom. The molecule has 0 aliphatic carbocycles. The third-order valence-corrected chi connectivity index (χ3v) is 3.54. The molecule has 0 heterocycles. The van der Waals surface area contributed by atoms with E-state index < -0.39 is 17.7 Å². The minimum Gasteiger partial charge on any atom is -0.324 e. The number of halogens is 3. The van der Waals surface area contributed by atoms with Crippen LogP contribution in [0.4, 0.5) is 8.78 Å². The molecule has 2 aromatic rings. The second-order valence-electron chi connectivity index (χ2n) is 4.54. The monoisotopic (exact) mass is 325 g/mol. The molecule has 0 bridgehead atoms. The van der Waals surface area contributed by atoms with Crippen LogP contribution in [0, 0.1) is 18.6 Å². The van der Waals surface area contributed by atoms with Gasteiger partial charge in [-0.15, -0.1) is 0 Å². The van der Waals surface area contributed by atoms with E-state index in [2.05, 4.69) is 15.9 Å². The summed E-state index contributed by atoms with van der Waals surface area (Å²) in [6.07, 6.45) is 0.457. The highest BCUT2D eigenvalue weighted by molar-refractivity contribution is 9.10. The molecule has 0 radical (unpaired) electrons. The van der Waals surface area contributed by atoms with E-state index in [1.165, 1.54) is 6.92 Å². The van der Waals surface area contributed by atoms with Crippen molar-refractivity contribution in [2.75, 3.05) is 0 Å². The first-order valence-corrected chi connectivity index (χ1v) is 6.73. The highest BCUT2D eigenvalue weighted by atomic mass is 79.9. The van der Waals surface area contributed by atoms with Crippen LogP contribution in [-0.4, -0.2) is 0 Å². The van der Waals surface area contributed by atoms with E-state index in [1.54, 1.807) is 12.1 Å². The molecule has 0 saturated heterocycles.